The van der Waals surface area contributed by atoms with Gasteiger partial charge in [-0.15, -0.1) is 0 Å². The number of hydrogen-bond acceptors (Lipinski definition) is 4. The largest absolute Gasteiger partial charge is 0.458 e. The molecule has 1 aliphatic rings. The minimum Gasteiger partial charge on any atom is -0.458 e. The van der Waals surface area contributed by atoms with Crippen molar-refractivity contribution in [2.75, 3.05) is 13.6 Å². The van der Waals surface area contributed by atoms with Crippen LogP contribution in [0.2, 0.25) is 0 Å². The lowest BCUT2D eigenvalue weighted by Gasteiger charge is -2.16. The van der Waals surface area contributed by atoms with Gasteiger partial charge < -0.3 is 4.42 Å². The van der Waals surface area contributed by atoms with Crippen molar-refractivity contribution >= 4 is 11.0 Å². The van der Waals surface area contributed by atoms with Gasteiger partial charge in [0.2, 0.25) is 0 Å². The highest BCUT2D eigenvalue weighted by atomic mass is 16.3. The van der Waals surface area contributed by atoms with Crippen LogP contribution < -0.4 is 0 Å². The van der Waals surface area contributed by atoms with Crippen molar-refractivity contribution in [3.05, 3.63) is 29.8 Å². The van der Waals surface area contributed by atoms with Crippen molar-refractivity contribution in [2.24, 2.45) is 0 Å². The Hall–Kier alpha value is -1.86. The summed E-state index contributed by atoms with van der Waals surface area (Å²) in [5.41, 5.74) is 1.29. The molecule has 3 heterocycles. The molecule has 3 rings (SSSR count). The maximum atomic E-state index is 9.02. The molecule has 2 aromatic rings. The van der Waals surface area contributed by atoms with Gasteiger partial charge in [-0.2, -0.15) is 5.26 Å². The van der Waals surface area contributed by atoms with Crippen LogP contribution in [0, 0.1) is 11.3 Å². The third kappa shape index (κ3) is 1.60. The maximum Gasteiger partial charge on any atom is 0.153 e. The molecule has 17 heavy (non-hydrogen) atoms. The number of rotatable bonds is 1. The van der Waals surface area contributed by atoms with Crippen molar-refractivity contribution in [1.82, 2.24) is 9.88 Å². The Bertz CT molecular complexity index is 596. The van der Waals surface area contributed by atoms with E-state index in [0.29, 0.717) is 17.2 Å². The standard InChI is InChI=1S/C13H13N3O/c1-16-4-2-3-11(16)12-5-10-9(6-14)7-15-8-13(10)17-12/h5,7-8,11H,2-4H2,1H3/t11-/m0/s1. The first-order chi connectivity index (χ1) is 8.29. The van der Waals surface area contributed by atoms with Gasteiger partial charge in [-0.25, -0.2) is 0 Å². The topological polar surface area (TPSA) is 53.1 Å². The summed E-state index contributed by atoms with van der Waals surface area (Å²) in [7, 11) is 2.11. The summed E-state index contributed by atoms with van der Waals surface area (Å²) in [5, 5.41) is 9.89. The summed E-state index contributed by atoms with van der Waals surface area (Å²) in [5.74, 6) is 0.949. The summed E-state index contributed by atoms with van der Waals surface area (Å²) in [6.07, 6.45) is 5.57. The van der Waals surface area contributed by atoms with Gasteiger partial charge in [0.1, 0.15) is 11.8 Å². The van der Waals surface area contributed by atoms with Crippen LogP contribution in [0.5, 0.6) is 0 Å². The highest BCUT2D eigenvalue weighted by molar-refractivity contribution is 5.83. The van der Waals surface area contributed by atoms with E-state index >= 15 is 0 Å². The number of likely N-dealkylation sites (tertiary alicyclic amines) is 1. The van der Waals surface area contributed by atoms with E-state index in [1.54, 1.807) is 12.4 Å². The fraction of sp³-hybridized carbons (Fsp3) is 0.385. The lowest BCUT2D eigenvalue weighted by molar-refractivity contribution is 0.281. The summed E-state index contributed by atoms with van der Waals surface area (Å²) in [4.78, 5) is 6.30. The number of pyridine rings is 1. The first-order valence-corrected chi connectivity index (χ1v) is 5.77. The molecular weight excluding hydrogens is 214 g/mol. The normalized spacial score (nSPS) is 20.8. The molecule has 0 saturated carbocycles. The molecule has 0 aliphatic carbocycles. The molecular formula is C13H13N3O. The molecule has 2 aromatic heterocycles. The molecule has 0 radical (unpaired) electrons. The zero-order valence-corrected chi connectivity index (χ0v) is 9.68. The van der Waals surface area contributed by atoms with E-state index in [9.17, 15) is 0 Å². The number of nitrogens with zero attached hydrogens (tertiary/aromatic N) is 3. The van der Waals surface area contributed by atoms with E-state index < -0.39 is 0 Å². The molecule has 0 aromatic carbocycles. The molecule has 4 nitrogen and oxygen atoms in total. The Morgan fingerprint density at radius 2 is 2.41 bits per heavy atom. The number of hydrogen-bond donors (Lipinski definition) is 0. The predicted molar refractivity (Wildman–Crippen MR) is 63.3 cm³/mol. The van der Waals surface area contributed by atoms with E-state index in [4.69, 9.17) is 9.68 Å². The van der Waals surface area contributed by atoms with Gasteiger partial charge in [-0.1, -0.05) is 0 Å². The van der Waals surface area contributed by atoms with Gasteiger partial charge in [0.05, 0.1) is 17.8 Å². The number of fused-ring (bicyclic) bond motifs is 1. The number of nitriles is 1. The zero-order chi connectivity index (χ0) is 11.8. The highest BCUT2D eigenvalue weighted by Crippen LogP contribution is 2.34. The molecule has 0 bridgehead atoms. The van der Waals surface area contributed by atoms with E-state index in [1.807, 2.05) is 6.07 Å². The third-order valence-corrected chi connectivity index (χ3v) is 3.43. The predicted octanol–water partition coefficient (Wildman–Crippen LogP) is 2.47. The van der Waals surface area contributed by atoms with Crippen molar-refractivity contribution in [3.8, 4) is 6.07 Å². The molecule has 0 spiro atoms. The van der Waals surface area contributed by atoms with Crippen LogP contribution in [0.1, 0.15) is 30.2 Å². The lowest BCUT2D eigenvalue weighted by atomic mass is 10.1. The SMILES string of the molecule is CN1CCC[C@H]1c1cc2c(C#N)cncc2o1. The summed E-state index contributed by atoms with van der Waals surface area (Å²) in [6.45, 7) is 1.10. The second-order valence-electron chi connectivity index (χ2n) is 4.50. The van der Waals surface area contributed by atoms with E-state index in [1.165, 1.54) is 6.42 Å². The van der Waals surface area contributed by atoms with Crippen LogP contribution in [0.4, 0.5) is 0 Å². The van der Waals surface area contributed by atoms with Crippen LogP contribution in [-0.2, 0) is 0 Å². The van der Waals surface area contributed by atoms with Crippen molar-refractivity contribution < 1.29 is 4.42 Å². The van der Waals surface area contributed by atoms with Gasteiger partial charge in [-0.05, 0) is 32.5 Å². The Balaban J connectivity index is 2.11. The highest BCUT2D eigenvalue weighted by Gasteiger charge is 2.26. The molecule has 1 aliphatic heterocycles. The average Bonchev–Trinajstić information content (AvgIpc) is 2.93. The van der Waals surface area contributed by atoms with E-state index in [-0.39, 0.29) is 0 Å². The van der Waals surface area contributed by atoms with E-state index in [0.717, 1.165) is 24.1 Å². The minimum atomic E-state index is 0.342. The molecule has 0 amide bonds. The van der Waals surface area contributed by atoms with Gasteiger partial charge in [0.25, 0.3) is 0 Å². The molecule has 0 unspecified atom stereocenters. The monoisotopic (exact) mass is 227 g/mol. The molecule has 1 atom stereocenters. The first kappa shape index (κ1) is 10.3. The van der Waals surface area contributed by atoms with Crippen molar-refractivity contribution in [3.63, 3.8) is 0 Å². The second-order valence-corrected chi connectivity index (χ2v) is 4.50. The zero-order valence-electron chi connectivity index (χ0n) is 9.68. The first-order valence-electron chi connectivity index (χ1n) is 5.77. The van der Waals surface area contributed by atoms with Crippen molar-refractivity contribution in [1.29, 1.82) is 5.26 Å². The summed E-state index contributed by atoms with van der Waals surface area (Å²) < 4.78 is 5.81. The third-order valence-electron chi connectivity index (χ3n) is 3.43. The van der Waals surface area contributed by atoms with Crippen LogP contribution in [0.25, 0.3) is 11.0 Å². The smallest absolute Gasteiger partial charge is 0.153 e. The van der Waals surface area contributed by atoms with Crippen LogP contribution in [-0.4, -0.2) is 23.5 Å². The summed E-state index contributed by atoms with van der Waals surface area (Å²) in [6, 6.07) is 4.48. The van der Waals surface area contributed by atoms with Gasteiger partial charge >= 0.3 is 0 Å². The van der Waals surface area contributed by atoms with E-state index in [2.05, 4.69) is 23.0 Å². The fourth-order valence-electron chi connectivity index (χ4n) is 2.50. The summed E-state index contributed by atoms with van der Waals surface area (Å²) >= 11 is 0. The second kappa shape index (κ2) is 3.86. The Labute approximate surface area is 99.5 Å². The quantitative estimate of drug-likeness (QED) is 0.751. The minimum absolute atomic E-state index is 0.342. The average molecular weight is 227 g/mol. The molecule has 4 heteroatoms. The molecule has 86 valence electrons. The Morgan fingerprint density at radius 3 is 3.12 bits per heavy atom. The molecule has 0 N–H and O–H groups in total. The maximum absolute atomic E-state index is 9.02. The van der Waals surface area contributed by atoms with Gasteiger partial charge in [-0.3, -0.25) is 9.88 Å². The molecule has 1 fully saturated rings. The van der Waals surface area contributed by atoms with Crippen LogP contribution >= 0.6 is 0 Å². The van der Waals surface area contributed by atoms with Crippen molar-refractivity contribution in [2.45, 2.75) is 18.9 Å². The molecule has 1 saturated heterocycles. The van der Waals surface area contributed by atoms with Crippen LogP contribution in [0.15, 0.2) is 22.9 Å². The Morgan fingerprint density at radius 1 is 1.53 bits per heavy atom. The van der Waals surface area contributed by atoms with Crippen LogP contribution in [0.3, 0.4) is 0 Å². The lowest BCUT2D eigenvalue weighted by Crippen LogP contribution is -2.16. The number of furan rings is 1. The van der Waals surface area contributed by atoms with Gasteiger partial charge in [0.15, 0.2) is 5.58 Å². The fourth-order valence-corrected chi connectivity index (χ4v) is 2.50. The van der Waals surface area contributed by atoms with Gasteiger partial charge in [0, 0.05) is 11.6 Å². The Kier molecular flexibility index (Phi) is 2.34. The number of aromatic nitrogens is 1.